The molecule has 0 N–H and O–H groups in total. The SMILES string of the molecule is C=CC=N/C(=C\C)c1nnc(-c2ccccn2)nn1. The summed E-state index contributed by atoms with van der Waals surface area (Å²) in [5.74, 6) is 0.743. The van der Waals surface area contributed by atoms with Crippen molar-refractivity contribution in [2.75, 3.05) is 0 Å². The maximum atomic E-state index is 4.13. The fourth-order valence-electron chi connectivity index (χ4n) is 1.32. The first-order valence-electron chi connectivity index (χ1n) is 5.65. The molecule has 6 nitrogen and oxygen atoms in total. The molecule has 0 saturated carbocycles. The van der Waals surface area contributed by atoms with Gasteiger partial charge in [-0.3, -0.25) is 9.98 Å². The van der Waals surface area contributed by atoms with Gasteiger partial charge < -0.3 is 0 Å². The largest absolute Gasteiger partial charge is 0.253 e. The van der Waals surface area contributed by atoms with Crippen molar-refractivity contribution < 1.29 is 0 Å². The van der Waals surface area contributed by atoms with E-state index in [1.54, 1.807) is 30.6 Å². The van der Waals surface area contributed by atoms with Gasteiger partial charge >= 0.3 is 0 Å². The molecule has 0 atom stereocenters. The number of allylic oxidation sites excluding steroid dienone is 2. The summed E-state index contributed by atoms with van der Waals surface area (Å²) in [6.45, 7) is 5.40. The molecule has 0 radical (unpaired) electrons. The molecule has 0 aromatic carbocycles. The van der Waals surface area contributed by atoms with Crippen LogP contribution in [0.1, 0.15) is 12.7 Å². The minimum Gasteiger partial charge on any atom is -0.253 e. The Morgan fingerprint density at radius 1 is 1.21 bits per heavy atom. The summed E-state index contributed by atoms with van der Waals surface area (Å²) in [4.78, 5) is 8.26. The number of rotatable bonds is 4. The van der Waals surface area contributed by atoms with Crippen molar-refractivity contribution in [2.45, 2.75) is 6.92 Å². The highest BCUT2D eigenvalue weighted by Gasteiger charge is 2.07. The van der Waals surface area contributed by atoms with Crippen LogP contribution in [0.25, 0.3) is 17.2 Å². The summed E-state index contributed by atoms with van der Waals surface area (Å²) < 4.78 is 0. The second-order valence-corrected chi connectivity index (χ2v) is 3.45. The van der Waals surface area contributed by atoms with Gasteiger partial charge in [0.25, 0.3) is 0 Å². The standard InChI is InChI=1S/C13H12N6/c1-3-8-14-10(4-2)12-16-18-13(19-17-12)11-7-5-6-9-15-11/h3-9H,1H2,2H3/b10-4-,14-8?. The van der Waals surface area contributed by atoms with Gasteiger partial charge in [-0.2, -0.15) is 0 Å². The van der Waals surface area contributed by atoms with E-state index in [4.69, 9.17) is 0 Å². The molecular formula is C13H12N6. The molecule has 0 aliphatic heterocycles. The normalized spacial score (nSPS) is 11.7. The fraction of sp³-hybridized carbons (Fsp3) is 0.0769. The Balaban J connectivity index is 2.28. The molecule has 0 aliphatic carbocycles. The number of hydrogen-bond donors (Lipinski definition) is 0. The Morgan fingerprint density at radius 3 is 2.58 bits per heavy atom. The summed E-state index contributed by atoms with van der Waals surface area (Å²) in [5, 5.41) is 16.0. The Hall–Kier alpha value is -2.76. The molecule has 2 rings (SSSR count). The zero-order chi connectivity index (χ0) is 13.5. The van der Waals surface area contributed by atoms with Crippen LogP contribution in [0.5, 0.6) is 0 Å². The minimum atomic E-state index is 0.361. The van der Waals surface area contributed by atoms with E-state index in [0.717, 1.165) is 0 Å². The van der Waals surface area contributed by atoms with E-state index in [9.17, 15) is 0 Å². The predicted octanol–water partition coefficient (Wildman–Crippen LogP) is 1.95. The van der Waals surface area contributed by atoms with E-state index >= 15 is 0 Å². The lowest BCUT2D eigenvalue weighted by Gasteiger charge is -1.99. The number of aliphatic imine (C=N–C) groups is 1. The third-order valence-electron chi connectivity index (χ3n) is 2.19. The van der Waals surface area contributed by atoms with Crippen LogP contribution in [0.2, 0.25) is 0 Å². The highest BCUT2D eigenvalue weighted by Crippen LogP contribution is 2.11. The van der Waals surface area contributed by atoms with Crippen molar-refractivity contribution in [3.63, 3.8) is 0 Å². The lowest BCUT2D eigenvalue weighted by Crippen LogP contribution is -2.02. The van der Waals surface area contributed by atoms with Gasteiger partial charge in [-0.05, 0) is 19.1 Å². The van der Waals surface area contributed by atoms with Gasteiger partial charge in [0.05, 0.1) is 0 Å². The first-order chi connectivity index (χ1) is 9.35. The third-order valence-corrected chi connectivity index (χ3v) is 2.19. The lowest BCUT2D eigenvalue weighted by molar-refractivity contribution is 0.837. The molecule has 0 saturated heterocycles. The predicted molar refractivity (Wildman–Crippen MR) is 73.2 cm³/mol. The zero-order valence-corrected chi connectivity index (χ0v) is 10.4. The zero-order valence-electron chi connectivity index (χ0n) is 10.4. The van der Waals surface area contributed by atoms with E-state index in [0.29, 0.717) is 23.0 Å². The van der Waals surface area contributed by atoms with Gasteiger partial charge in [0.2, 0.25) is 11.6 Å². The van der Waals surface area contributed by atoms with Crippen LogP contribution < -0.4 is 0 Å². The topological polar surface area (TPSA) is 76.8 Å². The average Bonchev–Trinajstić information content (AvgIpc) is 2.49. The van der Waals surface area contributed by atoms with Gasteiger partial charge in [-0.25, -0.2) is 0 Å². The first-order valence-corrected chi connectivity index (χ1v) is 5.65. The molecule has 94 valence electrons. The number of nitrogens with zero attached hydrogens (tertiary/aromatic N) is 6. The van der Waals surface area contributed by atoms with Crippen LogP contribution in [-0.2, 0) is 0 Å². The molecule has 6 heteroatoms. The van der Waals surface area contributed by atoms with E-state index in [1.165, 1.54) is 0 Å². The van der Waals surface area contributed by atoms with E-state index in [1.807, 2.05) is 19.1 Å². The summed E-state index contributed by atoms with van der Waals surface area (Å²) in [6.07, 6.45) is 6.58. The molecule has 0 aliphatic rings. The smallest absolute Gasteiger partial charge is 0.221 e. The highest BCUT2D eigenvalue weighted by atomic mass is 15.3. The Morgan fingerprint density at radius 2 is 2.00 bits per heavy atom. The van der Waals surface area contributed by atoms with Gasteiger partial charge in [-0.1, -0.05) is 24.8 Å². The number of hydrogen-bond acceptors (Lipinski definition) is 6. The van der Waals surface area contributed by atoms with E-state index in [-0.39, 0.29) is 0 Å². The molecule has 2 aromatic rings. The molecule has 0 unspecified atom stereocenters. The van der Waals surface area contributed by atoms with Crippen LogP contribution in [0.3, 0.4) is 0 Å². The maximum absolute atomic E-state index is 4.13. The molecule has 0 bridgehead atoms. The molecule has 0 fully saturated rings. The van der Waals surface area contributed by atoms with Crippen LogP contribution in [0.15, 0.2) is 48.1 Å². The number of aromatic nitrogens is 5. The first kappa shape index (κ1) is 12.7. The Labute approximate surface area is 110 Å². The Kier molecular flexibility index (Phi) is 4.17. The molecule has 0 spiro atoms. The van der Waals surface area contributed by atoms with E-state index in [2.05, 4.69) is 37.0 Å². The van der Waals surface area contributed by atoms with Gasteiger partial charge in [-0.15, -0.1) is 20.4 Å². The lowest BCUT2D eigenvalue weighted by atomic mass is 10.3. The summed E-state index contributed by atoms with van der Waals surface area (Å²) in [6, 6.07) is 5.47. The molecule has 19 heavy (non-hydrogen) atoms. The Bertz CT molecular complexity index is 601. The van der Waals surface area contributed by atoms with Crippen LogP contribution in [-0.4, -0.2) is 31.6 Å². The van der Waals surface area contributed by atoms with Gasteiger partial charge in [0.1, 0.15) is 11.4 Å². The van der Waals surface area contributed by atoms with Crippen LogP contribution >= 0.6 is 0 Å². The van der Waals surface area contributed by atoms with Crippen molar-refractivity contribution in [3.8, 4) is 11.5 Å². The van der Waals surface area contributed by atoms with Gasteiger partial charge in [0.15, 0.2) is 0 Å². The molecular weight excluding hydrogens is 240 g/mol. The second kappa shape index (κ2) is 6.25. The van der Waals surface area contributed by atoms with Crippen molar-refractivity contribution in [1.82, 2.24) is 25.4 Å². The average molecular weight is 252 g/mol. The summed E-state index contributed by atoms with van der Waals surface area (Å²) in [7, 11) is 0. The summed E-state index contributed by atoms with van der Waals surface area (Å²) in [5.41, 5.74) is 1.22. The molecule has 2 heterocycles. The van der Waals surface area contributed by atoms with Crippen molar-refractivity contribution in [2.24, 2.45) is 4.99 Å². The van der Waals surface area contributed by atoms with Crippen molar-refractivity contribution in [1.29, 1.82) is 0 Å². The maximum Gasteiger partial charge on any atom is 0.221 e. The van der Waals surface area contributed by atoms with Crippen LogP contribution in [0.4, 0.5) is 0 Å². The number of pyridine rings is 1. The summed E-state index contributed by atoms with van der Waals surface area (Å²) >= 11 is 0. The monoisotopic (exact) mass is 252 g/mol. The van der Waals surface area contributed by atoms with Gasteiger partial charge in [0, 0.05) is 12.4 Å². The molecule has 2 aromatic heterocycles. The molecule has 0 amide bonds. The minimum absolute atomic E-state index is 0.361. The van der Waals surface area contributed by atoms with Crippen LogP contribution in [0, 0.1) is 0 Å². The third kappa shape index (κ3) is 3.12. The van der Waals surface area contributed by atoms with E-state index < -0.39 is 0 Å². The van der Waals surface area contributed by atoms with Crippen molar-refractivity contribution >= 4 is 11.9 Å². The highest BCUT2D eigenvalue weighted by molar-refractivity contribution is 5.77. The second-order valence-electron chi connectivity index (χ2n) is 3.45. The fourth-order valence-corrected chi connectivity index (χ4v) is 1.32. The van der Waals surface area contributed by atoms with Crippen molar-refractivity contribution in [3.05, 3.63) is 49.0 Å². The quantitative estimate of drug-likeness (QED) is 0.777.